The number of carbonyl (C=O) groups is 1. The van der Waals surface area contributed by atoms with Gasteiger partial charge in [0.05, 0.1) is 10.9 Å². The number of amides is 1. The zero-order chi connectivity index (χ0) is 13.0. The summed E-state index contributed by atoms with van der Waals surface area (Å²) in [5, 5.41) is 3.41. The predicted molar refractivity (Wildman–Crippen MR) is 75.4 cm³/mol. The van der Waals surface area contributed by atoms with E-state index in [1.807, 2.05) is 13.8 Å². The SMILES string of the molecule is CCC(C(=O)Nc1cccc(Cl)c1C)C(N)=S. The van der Waals surface area contributed by atoms with Crippen molar-refractivity contribution >= 4 is 40.4 Å². The molecule has 3 nitrogen and oxygen atoms in total. The molecule has 1 atom stereocenters. The molecule has 0 saturated carbocycles. The molecule has 1 aromatic rings. The van der Waals surface area contributed by atoms with Crippen LogP contribution in [0.2, 0.25) is 5.02 Å². The monoisotopic (exact) mass is 270 g/mol. The van der Waals surface area contributed by atoms with Crippen molar-refractivity contribution in [3.05, 3.63) is 28.8 Å². The topological polar surface area (TPSA) is 55.1 Å². The summed E-state index contributed by atoms with van der Waals surface area (Å²) in [4.78, 5) is 12.1. The first-order valence-electron chi connectivity index (χ1n) is 5.32. The van der Waals surface area contributed by atoms with Crippen LogP contribution in [0, 0.1) is 12.8 Å². The van der Waals surface area contributed by atoms with Gasteiger partial charge >= 0.3 is 0 Å². The van der Waals surface area contributed by atoms with E-state index in [0.717, 1.165) is 5.56 Å². The highest BCUT2D eigenvalue weighted by Crippen LogP contribution is 2.23. The molecular weight excluding hydrogens is 256 g/mol. The molecule has 0 aliphatic rings. The average molecular weight is 271 g/mol. The summed E-state index contributed by atoms with van der Waals surface area (Å²) in [5.41, 5.74) is 7.04. The number of thiocarbonyl (C=S) groups is 1. The van der Waals surface area contributed by atoms with E-state index >= 15 is 0 Å². The molecule has 0 bridgehead atoms. The van der Waals surface area contributed by atoms with Crippen LogP contribution >= 0.6 is 23.8 Å². The van der Waals surface area contributed by atoms with Crippen LogP contribution in [0.4, 0.5) is 5.69 Å². The fraction of sp³-hybridized carbons (Fsp3) is 0.333. The molecule has 0 fully saturated rings. The number of anilines is 1. The van der Waals surface area contributed by atoms with Gasteiger partial charge in [-0.1, -0.05) is 36.8 Å². The Morgan fingerprint density at radius 2 is 2.24 bits per heavy atom. The molecule has 1 amide bonds. The van der Waals surface area contributed by atoms with Gasteiger partial charge in [0.15, 0.2) is 0 Å². The summed E-state index contributed by atoms with van der Waals surface area (Å²) >= 11 is 10.8. The van der Waals surface area contributed by atoms with E-state index in [1.165, 1.54) is 0 Å². The maximum Gasteiger partial charge on any atom is 0.234 e. The van der Waals surface area contributed by atoms with Gasteiger partial charge < -0.3 is 11.1 Å². The van der Waals surface area contributed by atoms with Crippen molar-refractivity contribution in [1.82, 2.24) is 0 Å². The van der Waals surface area contributed by atoms with Crippen LogP contribution < -0.4 is 11.1 Å². The number of rotatable bonds is 4. The van der Waals surface area contributed by atoms with Gasteiger partial charge in [-0.15, -0.1) is 0 Å². The Morgan fingerprint density at radius 1 is 1.59 bits per heavy atom. The molecule has 92 valence electrons. The highest BCUT2D eigenvalue weighted by molar-refractivity contribution is 7.80. The van der Waals surface area contributed by atoms with Crippen LogP contribution in [-0.4, -0.2) is 10.9 Å². The van der Waals surface area contributed by atoms with Gasteiger partial charge in [0.2, 0.25) is 5.91 Å². The smallest absolute Gasteiger partial charge is 0.234 e. The zero-order valence-corrected chi connectivity index (χ0v) is 11.4. The van der Waals surface area contributed by atoms with Gasteiger partial charge in [0.25, 0.3) is 0 Å². The van der Waals surface area contributed by atoms with Crippen molar-refractivity contribution in [2.45, 2.75) is 20.3 Å². The quantitative estimate of drug-likeness (QED) is 0.827. The highest BCUT2D eigenvalue weighted by Gasteiger charge is 2.19. The number of carbonyl (C=O) groups excluding carboxylic acids is 1. The van der Waals surface area contributed by atoms with Gasteiger partial charge in [0, 0.05) is 10.7 Å². The van der Waals surface area contributed by atoms with Crippen molar-refractivity contribution < 1.29 is 4.79 Å². The van der Waals surface area contributed by atoms with Crippen LogP contribution in [0.25, 0.3) is 0 Å². The average Bonchev–Trinajstić information content (AvgIpc) is 2.25. The van der Waals surface area contributed by atoms with E-state index in [2.05, 4.69) is 5.32 Å². The molecule has 0 radical (unpaired) electrons. The Kier molecular flexibility index (Phi) is 4.90. The summed E-state index contributed by atoms with van der Waals surface area (Å²) in [7, 11) is 0. The van der Waals surface area contributed by atoms with Gasteiger partial charge in [-0.05, 0) is 31.0 Å². The van der Waals surface area contributed by atoms with Gasteiger partial charge in [0.1, 0.15) is 0 Å². The van der Waals surface area contributed by atoms with Crippen molar-refractivity contribution in [3.8, 4) is 0 Å². The van der Waals surface area contributed by atoms with E-state index < -0.39 is 5.92 Å². The third-order valence-corrected chi connectivity index (χ3v) is 3.29. The van der Waals surface area contributed by atoms with Crippen LogP contribution in [0.3, 0.4) is 0 Å². The first-order valence-corrected chi connectivity index (χ1v) is 6.11. The molecule has 5 heteroatoms. The van der Waals surface area contributed by atoms with Crippen molar-refractivity contribution in [3.63, 3.8) is 0 Å². The highest BCUT2D eigenvalue weighted by atomic mass is 35.5. The normalized spacial score (nSPS) is 11.9. The maximum absolute atomic E-state index is 11.9. The Labute approximate surface area is 111 Å². The second kappa shape index (κ2) is 5.98. The minimum Gasteiger partial charge on any atom is -0.393 e. The van der Waals surface area contributed by atoms with Crippen LogP contribution in [0.15, 0.2) is 18.2 Å². The van der Waals surface area contributed by atoms with Crippen LogP contribution in [0.1, 0.15) is 18.9 Å². The summed E-state index contributed by atoms with van der Waals surface area (Å²) in [6, 6.07) is 5.36. The van der Waals surface area contributed by atoms with Crippen molar-refractivity contribution in [1.29, 1.82) is 0 Å². The van der Waals surface area contributed by atoms with Crippen LogP contribution in [-0.2, 0) is 4.79 Å². The molecule has 1 rings (SSSR count). The van der Waals surface area contributed by atoms with E-state index in [0.29, 0.717) is 17.1 Å². The summed E-state index contributed by atoms with van der Waals surface area (Å²) in [6.07, 6.45) is 0.584. The summed E-state index contributed by atoms with van der Waals surface area (Å²) < 4.78 is 0. The fourth-order valence-corrected chi connectivity index (χ4v) is 1.93. The third kappa shape index (κ3) is 3.41. The number of hydrogen-bond acceptors (Lipinski definition) is 2. The largest absolute Gasteiger partial charge is 0.393 e. The molecule has 1 aromatic carbocycles. The molecule has 0 aliphatic heterocycles. The number of hydrogen-bond donors (Lipinski definition) is 2. The van der Waals surface area contributed by atoms with Gasteiger partial charge in [-0.3, -0.25) is 4.79 Å². The number of nitrogens with two attached hydrogens (primary N) is 1. The molecule has 0 spiro atoms. The van der Waals surface area contributed by atoms with E-state index in [1.54, 1.807) is 18.2 Å². The van der Waals surface area contributed by atoms with E-state index in [9.17, 15) is 4.79 Å². The second-order valence-corrected chi connectivity index (χ2v) is 4.64. The molecule has 0 aliphatic carbocycles. The lowest BCUT2D eigenvalue weighted by atomic mass is 10.1. The maximum atomic E-state index is 11.9. The predicted octanol–water partition coefficient (Wildman–Crippen LogP) is 2.90. The first kappa shape index (κ1) is 13.9. The molecule has 0 heterocycles. The zero-order valence-electron chi connectivity index (χ0n) is 9.79. The van der Waals surface area contributed by atoms with Crippen molar-refractivity contribution in [2.24, 2.45) is 11.7 Å². The first-order chi connectivity index (χ1) is 7.97. The summed E-state index contributed by atoms with van der Waals surface area (Å²) in [5.74, 6) is -0.631. The molecule has 0 saturated heterocycles. The molecule has 0 aromatic heterocycles. The van der Waals surface area contributed by atoms with E-state index in [-0.39, 0.29) is 10.9 Å². The Balaban J connectivity index is 2.88. The molecule has 3 N–H and O–H groups in total. The third-order valence-electron chi connectivity index (χ3n) is 2.59. The van der Waals surface area contributed by atoms with Gasteiger partial charge in [-0.25, -0.2) is 0 Å². The molecular formula is C12H15ClN2OS. The standard InChI is InChI=1S/C12H15ClN2OS/c1-3-8(11(14)17)12(16)15-10-6-4-5-9(13)7(10)2/h4-6,8H,3H2,1-2H3,(H2,14,17)(H,15,16). The second-order valence-electron chi connectivity index (χ2n) is 3.76. The fourth-order valence-electron chi connectivity index (χ4n) is 1.48. The van der Waals surface area contributed by atoms with Crippen molar-refractivity contribution in [2.75, 3.05) is 5.32 Å². The Morgan fingerprint density at radius 3 is 2.76 bits per heavy atom. The minimum absolute atomic E-state index is 0.189. The van der Waals surface area contributed by atoms with Gasteiger partial charge in [-0.2, -0.15) is 0 Å². The van der Waals surface area contributed by atoms with E-state index in [4.69, 9.17) is 29.6 Å². The lowest BCUT2D eigenvalue weighted by Crippen LogP contribution is -2.32. The number of nitrogens with one attached hydrogen (secondary N) is 1. The Hall–Kier alpha value is -1.13. The Bertz CT molecular complexity index is 448. The number of benzene rings is 1. The lowest BCUT2D eigenvalue weighted by molar-refractivity contribution is -0.118. The molecule has 1 unspecified atom stereocenters. The lowest BCUT2D eigenvalue weighted by Gasteiger charge is -2.15. The van der Waals surface area contributed by atoms with Crippen LogP contribution in [0.5, 0.6) is 0 Å². The summed E-state index contributed by atoms with van der Waals surface area (Å²) in [6.45, 7) is 3.72. The minimum atomic E-state index is -0.441. The number of halogens is 1. The molecule has 17 heavy (non-hydrogen) atoms.